The zero-order valence-electron chi connectivity index (χ0n) is 15.9. The van der Waals surface area contributed by atoms with Crippen LogP contribution < -0.4 is 5.73 Å². The average molecular weight is 365 g/mol. The number of carbonyl (C=O) groups excluding carboxylic acids is 2. The molecular weight excluding hydrogens is 338 g/mol. The van der Waals surface area contributed by atoms with Crippen molar-refractivity contribution in [3.05, 3.63) is 59.7 Å². The predicted octanol–water partition coefficient (Wildman–Crippen LogP) is 2.90. The third-order valence-corrected chi connectivity index (χ3v) is 5.06. The predicted molar refractivity (Wildman–Crippen MR) is 107 cm³/mol. The minimum Gasteiger partial charge on any atom is -0.340 e. The molecule has 2 aromatic rings. The van der Waals surface area contributed by atoms with Gasteiger partial charge in [-0.1, -0.05) is 30.3 Å². The maximum Gasteiger partial charge on any atom is 0.253 e. The minimum atomic E-state index is -0.0824. The zero-order chi connectivity index (χ0) is 19.2. The molecule has 0 aliphatic carbocycles. The molecule has 2 amide bonds. The number of carbonyl (C=O) groups is 2. The highest BCUT2D eigenvalue weighted by Gasteiger charge is 2.18. The molecule has 0 spiro atoms. The standard InChI is InChI=1S/C22H27N3O2/c1-24(21(26)15-23)16-17-6-5-7-20(14-17)18-8-10-19(11-9-18)22(27)25-12-3-2-4-13-25/h5-11,14H,2-4,12-13,15-16,23H2,1H3. The fourth-order valence-electron chi connectivity index (χ4n) is 3.45. The summed E-state index contributed by atoms with van der Waals surface area (Å²) >= 11 is 0. The van der Waals surface area contributed by atoms with Gasteiger partial charge >= 0.3 is 0 Å². The number of benzene rings is 2. The van der Waals surface area contributed by atoms with Gasteiger partial charge in [-0.15, -0.1) is 0 Å². The van der Waals surface area contributed by atoms with Crippen LogP contribution >= 0.6 is 0 Å². The second-order valence-corrected chi connectivity index (χ2v) is 7.08. The molecule has 5 nitrogen and oxygen atoms in total. The summed E-state index contributed by atoms with van der Waals surface area (Å²) in [5.41, 5.74) is 9.33. The fraction of sp³-hybridized carbons (Fsp3) is 0.364. The van der Waals surface area contributed by atoms with E-state index in [-0.39, 0.29) is 18.4 Å². The maximum atomic E-state index is 12.6. The van der Waals surface area contributed by atoms with Crippen LogP contribution in [0.25, 0.3) is 11.1 Å². The zero-order valence-corrected chi connectivity index (χ0v) is 15.9. The lowest BCUT2D eigenvalue weighted by molar-refractivity contribution is -0.128. The van der Waals surface area contributed by atoms with Crippen molar-refractivity contribution in [3.8, 4) is 11.1 Å². The minimum absolute atomic E-state index is 0.0166. The largest absolute Gasteiger partial charge is 0.340 e. The Kier molecular flexibility index (Phi) is 6.24. The maximum absolute atomic E-state index is 12.6. The summed E-state index contributed by atoms with van der Waals surface area (Å²) in [5, 5.41) is 0. The van der Waals surface area contributed by atoms with Gasteiger partial charge in [-0.25, -0.2) is 0 Å². The summed E-state index contributed by atoms with van der Waals surface area (Å²) in [6.07, 6.45) is 3.40. The van der Waals surface area contributed by atoms with E-state index in [1.54, 1.807) is 11.9 Å². The summed E-state index contributed by atoms with van der Waals surface area (Å²) in [7, 11) is 1.75. The molecular formula is C22H27N3O2. The van der Waals surface area contributed by atoms with E-state index < -0.39 is 0 Å². The van der Waals surface area contributed by atoms with Gasteiger partial charge in [-0.2, -0.15) is 0 Å². The fourth-order valence-corrected chi connectivity index (χ4v) is 3.45. The van der Waals surface area contributed by atoms with E-state index in [0.29, 0.717) is 6.54 Å². The molecule has 0 unspecified atom stereocenters. The van der Waals surface area contributed by atoms with Gasteiger partial charge in [-0.05, 0) is 54.2 Å². The molecule has 1 heterocycles. The lowest BCUT2D eigenvalue weighted by Gasteiger charge is -2.26. The highest BCUT2D eigenvalue weighted by molar-refractivity contribution is 5.94. The number of likely N-dealkylation sites (N-methyl/N-ethyl adjacent to an activating group) is 1. The van der Waals surface area contributed by atoms with Gasteiger partial charge in [0.2, 0.25) is 5.91 Å². The molecule has 1 aliphatic heterocycles. The lowest BCUT2D eigenvalue weighted by Crippen LogP contribution is -2.35. The Hall–Kier alpha value is -2.66. The summed E-state index contributed by atoms with van der Waals surface area (Å²) < 4.78 is 0. The van der Waals surface area contributed by atoms with E-state index >= 15 is 0 Å². The Morgan fingerprint density at radius 3 is 2.37 bits per heavy atom. The van der Waals surface area contributed by atoms with Crippen molar-refractivity contribution in [2.75, 3.05) is 26.7 Å². The van der Waals surface area contributed by atoms with Crippen molar-refractivity contribution in [2.45, 2.75) is 25.8 Å². The van der Waals surface area contributed by atoms with E-state index in [0.717, 1.165) is 48.2 Å². The van der Waals surface area contributed by atoms with Crippen molar-refractivity contribution in [1.29, 1.82) is 0 Å². The first kappa shape index (κ1) is 19.1. The van der Waals surface area contributed by atoms with Crippen LogP contribution in [-0.2, 0) is 11.3 Å². The molecule has 142 valence electrons. The summed E-state index contributed by atoms with van der Waals surface area (Å²) in [4.78, 5) is 27.8. The second kappa shape index (κ2) is 8.82. The van der Waals surface area contributed by atoms with E-state index in [2.05, 4.69) is 6.07 Å². The summed E-state index contributed by atoms with van der Waals surface area (Å²) in [6.45, 7) is 2.26. The van der Waals surface area contributed by atoms with E-state index in [1.807, 2.05) is 47.4 Å². The van der Waals surface area contributed by atoms with Crippen LogP contribution in [0.1, 0.15) is 35.2 Å². The Bertz CT molecular complexity index is 795. The van der Waals surface area contributed by atoms with Crippen molar-refractivity contribution in [1.82, 2.24) is 9.80 Å². The highest BCUT2D eigenvalue weighted by atomic mass is 16.2. The molecule has 3 rings (SSSR count). The normalized spacial score (nSPS) is 14.1. The Morgan fingerprint density at radius 2 is 1.70 bits per heavy atom. The third-order valence-electron chi connectivity index (χ3n) is 5.06. The van der Waals surface area contributed by atoms with Crippen LogP contribution in [-0.4, -0.2) is 48.3 Å². The Balaban J connectivity index is 1.72. The molecule has 0 radical (unpaired) electrons. The number of likely N-dealkylation sites (tertiary alicyclic amines) is 1. The van der Waals surface area contributed by atoms with E-state index in [4.69, 9.17) is 5.73 Å². The van der Waals surface area contributed by atoms with Gasteiger partial charge in [0.15, 0.2) is 0 Å². The number of hydrogen-bond acceptors (Lipinski definition) is 3. The number of piperidine rings is 1. The van der Waals surface area contributed by atoms with Gasteiger partial charge in [0.05, 0.1) is 6.54 Å². The van der Waals surface area contributed by atoms with Crippen molar-refractivity contribution < 1.29 is 9.59 Å². The van der Waals surface area contributed by atoms with Crippen molar-refractivity contribution in [2.24, 2.45) is 5.73 Å². The van der Waals surface area contributed by atoms with E-state index in [1.165, 1.54) is 6.42 Å². The topological polar surface area (TPSA) is 66.6 Å². The second-order valence-electron chi connectivity index (χ2n) is 7.08. The molecule has 0 bridgehead atoms. The van der Waals surface area contributed by atoms with Gasteiger partial charge in [0.25, 0.3) is 5.91 Å². The van der Waals surface area contributed by atoms with Crippen LogP contribution in [0, 0.1) is 0 Å². The Morgan fingerprint density at radius 1 is 1.00 bits per heavy atom. The van der Waals surface area contributed by atoms with Gasteiger partial charge in [-0.3, -0.25) is 9.59 Å². The van der Waals surface area contributed by atoms with E-state index in [9.17, 15) is 9.59 Å². The quantitative estimate of drug-likeness (QED) is 0.886. The SMILES string of the molecule is CN(Cc1cccc(-c2ccc(C(=O)N3CCCCC3)cc2)c1)C(=O)CN. The molecule has 1 aliphatic rings. The Labute approximate surface area is 160 Å². The molecule has 2 N–H and O–H groups in total. The molecule has 0 aromatic heterocycles. The molecule has 5 heteroatoms. The number of hydrogen-bond donors (Lipinski definition) is 1. The van der Waals surface area contributed by atoms with Crippen LogP contribution in [0.4, 0.5) is 0 Å². The molecule has 0 atom stereocenters. The average Bonchev–Trinajstić information content (AvgIpc) is 2.73. The van der Waals surface area contributed by atoms with Crippen molar-refractivity contribution >= 4 is 11.8 Å². The van der Waals surface area contributed by atoms with Gasteiger partial charge in [0, 0.05) is 32.2 Å². The molecule has 0 saturated carbocycles. The first-order chi connectivity index (χ1) is 13.1. The smallest absolute Gasteiger partial charge is 0.253 e. The number of nitrogens with two attached hydrogens (primary N) is 1. The van der Waals surface area contributed by atoms with Crippen LogP contribution in [0.5, 0.6) is 0 Å². The van der Waals surface area contributed by atoms with Gasteiger partial charge < -0.3 is 15.5 Å². The first-order valence-corrected chi connectivity index (χ1v) is 9.51. The third kappa shape index (κ3) is 4.74. The molecule has 1 saturated heterocycles. The number of nitrogens with zero attached hydrogens (tertiary/aromatic N) is 2. The van der Waals surface area contributed by atoms with Crippen LogP contribution in [0.3, 0.4) is 0 Å². The van der Waals surface area contributed by atoms with Crippen LogP contribution in [0.15, 0.2) is 48.5 Å². The molecule has 2 aromatic carbocycles. The lowest BCUT2D eigenvalue weighted by atomic mass is 10.0. The monoisotopic (exact) mass is 365 g/mol. The summed E-state index contributed by atoms with van der Waals surface area (Å²) in [5.74, 6) is 0.0397. The highest BCUT2D eigenvalue weighted by Crippen LogP contribution is 2.22. The number of amides is 2. The van der Waals surface area contributed by atoms with Gasteiger partial charge in [0.1, 0.15) is 0 Å². The van der Waals surface area contributed by atoms with Crippen LogP contribution in [0.2, 0.25) is 0 Å². The number of rotatable bonds is 5. The van der Waals surface area contributed by atoms with Crippen molar-refractivity contribution in [3.63, 3.8) is 0 Å². The molecule has 1 fully saturated rings. The first-order valence-electron chi connectivity index (χ1n) is 9.51. The summed E-state index contributed by atoms with van der Waals surface area (Å²) in [6, 6.07) is 15.9. The molecule has 27 heavy (non-hydrogen) atoms.